The topological polar surface area (TPSA) is 74.3 Å². The first-order valence-electron chi connectivity index (χ1n) is 9.81. The maximum absolute atomic E-state index is 14.2. The van der Waals surface area contributed by atoms with Gasteiger partial charge >= 0.3 is 0 Å². The van der Waals surface area contributed by atoms with Gasteiger partial charge in [0.2, 0.25) is 0 Å². The summed E-state index contributed by atoms with van der Waals surface area (Å²) in [5, 5.41) is 13.2. The predicted molar refractivity (Wildman–Crippen MR) is 115 cm³/mol. The summed E-state index contributed by atoms with van der Waals surface area (Å²) >= 11 is 0. The average molecular weight is 415 g/mol. The number of para-hydroxylation sites is 1. The van der Waals surface area contributed by atoms with Crippen molar-refractivity contribution in [2.45, 2.75) is 13.3 Å². The number of ether oxygens (including phenoxy) is 1. The molecule has 0 aliphatic carbocycles. The number of pyridine rings is 1. The first-order valence-corrected chi connectivity index (χ1v) is 9.81. The molecular weight excluding hydrogens is 397 g/mol. The smallest absolute Gasteiger partial charge is 0.285 e. The van der Waals surface area contributed by atoms with Crippen LogP contribution < -0.4 is 10.3 Å². The van der Waals surface area contributed by atoms with Crippen LogP contribution in [-0.2, 0) is 6.42 Å². The van der Waals surface area contributed by atoms with Crippen LogP contribution in [0.4, 0.5) is 4.39 Å². The molecule has 0 saturated carbocycles. The molecule has 5 aromatic rings. The van der Waals surface area contributed by atoms with Gasteiger partial charge in [0.25, 0.3) is 5.56 Å². The van der Waals surface area contributed by atoms with Crippen LogP contribution in [-0.4, -0.2) is 31.5 Å². The number of rotatable bonds is 4. The maximum atomic E-state index is 14.2. The molecule has 0 atom stereocenters. The number of aromatic nitrogens is 5. The Morgan fingerprint density at radius 3 is 2.52 bits per heavy atom. The number of fused-ring (bicyclic) bond motifs is 3. The van der Waals surface area contributed by atoms with Gasteiger partial charge in [-0.05, 0) is 42.3 Å². The average Bonchev–Trinajstić information content (AvgIpc) is 3.19. The predicted octanol–water partition coefficient (Wildman–Crippen LogP) is 3.81. The molecule has 0 fully saturated rings. The molecule has 5 rings (SSSR count). The fourth-order valence-corrected chi connectivity index (χ4v) is 3.73. The summed E-state index contributed by atoms with van der Waals surface area (Å²) in [4.78, 5) is 13.1. The summed E-state index contributed by atoms with van der Waals surface area (Å²) in [5.74, 6) is 0.260. The molecule has 0 saturated heterocycles. The number of benzene rings is 2. The van der Waals surface area contributed by atoms with Gasteiger partial charge in [0.15, 0.2) is 11.2 Å². The van der Waals surface area contributed by atoms with Gasteiger partial charge in [-0.1, -0.05) is 31.2 Å². The summed E-state index contributed by atoms with van der Waals surface area (Å²) < 4.78 is 22.3. The second-order valence-electron chi connectivity index (χ2n) is 7.02. The van der Waals surface area contributed by atoms with Gasteiger partial charge in [-0.25, -0.2) is 8.91 Å². The van der Waals surface area contributed by atoms with Gasteiger partial charge in [-0.3, -0.25) is 9.36 Å². The molecule has 7 nitrogen and oxygen atoms in total. The number of halogens is 1. The summed E-state index contributed by atoms with van der Waals surface area (Å²) in [6.07, 6.45) is 2.21. The van der Waals surface area contributed by atoms with Crippen LogP contribution in [0.3, 0.4) is 0 Å². The van der Waals surface area contributed by atoms with Crippen molar-refractivity contribution in [1.29, 1.82) is 0 Å². The van der Waals surface area contributed by atoms with E-state index in [1.165, 1.54) is 16.8 Å². The minimum atomic E-state index is -0.493. The SMILES string of the molecule is CCc1nn2c(nnc3c(=O)n(-c4ccccc4F)ccc32)c1-c1ccc(OC)cc1. The van der Waals surface area contributed by atoms with Gasteiger partial charge in [0.05, 0.1) is 24.1 Å². The Balaban J connectivity index is 1.76. The molecule has 0 N–H and O–H groups in total. The van der Waals surface area contributed by atoms with Crippen LogP contribution in [0.25, 0.3) is 33.5 Å². The highest BCUT2D eigenvalue weighted by Gasteiger charge is 2.19. The number of nitrogens with zero attached hydrogens (tertiary/aromatic N) is 5. The van der Waals surface area contributed by atoms with Crippen molar-refractivity contribution in [2.24, 2.45) is 0 Å². The first kappa shape index (κ1) is 18.9. The minimum Gasteiger partial charge on any atom is -0.497 e. The van der Waals surface area contributed by atoms with Crippen molar-refractivity contribution in [3.05, 3.63) is 82.7 Å². The second kappa shape index (κ2) is 7.32. The summed E-state index contributed by atoms with van der Waals surface area (Å²) in [6.45, 7) is 2.01. The van der Waals surface area contributed by atoms with E-state index >= 15 is 0 Å². The van der Waals surface area contributed by atoms with Crippen molar-refractivity contribution in [2.75, 3.05) is 7.11 Å². The van der Waals surface area contributed by atoms with Crippen molar-refractivity contribution in [1.82, 2.24) is 24.4 Å². The summed E-state index contributed by atoms with van der Waals surface area (Å²) in [5.41, 5.74) is 3.50. The van der Waals surface area contributed by atoms with Gasteiger partial charge in [-0.15, -0.1) is 10.2 Å². The van der Waals surface area contributed by atoms with Crippen LogP contribution >= 0.6 is 0 Å². The van der Waals surface area contributed by atoms with E-state index in [0.717, 1.165) is 22.6 Å². The number of hydrogen-bond donors (Lipinski definition) is 0. The molecule has 0 aliphatic heterocycles. The van der Waals surface area contributed by atoms with E-state index in [9.17, 15) is 9.18 Å². The highest BCUT2D eigenvalue weighted by Crippen LogP contribution is 2.30. The molecule has 2 aromatic carbocycles. The standard InChI is InChI=1S/C23H18FN5O2/c1-3-17-20(14-8-10-15(31-2)11-9-14)22-26-25-21-19(29(22)27-17)12-13-28(23(21)30)18-7-5-4-6-16(18)24/h4-13H,3H2,1-2H3. The van der Waals surface area contributed by atoms with E-state index in [2.05, 4.69) is 10.2 Å². The normalized spacial score (nSPS) is 11.3. The molecule has 0 amide bonds. The fourth-order valence-electron chi connectivity index (χ4n) is 3.73. The molecule has 0 bridgehead atoms. The second-order valence-corrected chi connectivity index (χ2v) is 7.02. The largest absolute Gasteiger partial charge is 0.497 e. The zero-order valence-corrected chi connectivity index (χ0v) is 16.9. The molecule has 0 spiro atoms. The lowest BCUT2D eigenvalue weighted by Gasteiger charge is -2.08. The van der Waals surface area contributed by atoms with Crippen LogP contribution in [0.1, 0.15) is 12.6 Å². The molecule has 3 heterocycles. The van der Waals surface area contributed by atoms with E-state index in [0.29, 0.717) is 17.6 Å². The number of aryl methyl sites for hydroxylation is 1. The molecule has 8 heteroatoms. The van der Waals surface area contributed by atoms with Crippen LogP contribution in [0.15, 0.2) is 65.6 Å². The Kier molecular flexibility index (Phi) is 4.47. The zero-order valence-electron chi connectivity index (χ0n) is 16.9. The molecule has 0 radical (unpaired) electrons. The lowest BCUT2D eigenvalue weighted by molar-refractivity contribution is 0.415. The Bertz CT molecular complexity index is 1490. The quantitative estimate of drug-likeness (QED) is 0.446. The van der Waals surface area contributed by atoms with Gasteiger partial charge in [0, 0.05) is 6.20 Å². The van der Waals surface area contributed by atoms with Crippen molar-refractivity contribution in [3.8, 4) is 22.6 Å². The molecule has 0 unspecified atom stereocenters. The van der Waals surface area contributed by atoms with Gasteiger partial charge in [-0.2, -0.15) is 5.10 Å². The molecule has 154 valence electrons. The van der Waals surface area contributed by atoms with E-state index < -0.39 is 11.4 Å². The third-order valence-electron chi connectivity index (χ3n) is 5.28. The van der Waals surface area contributed by atoms with Crippen molar-refractivity contribution < 1.29 is 9.13 Å². The Hall–Kier alpha value is -4.07. The number of methoxy groups -OCH3 is 1. The molecule has 3 aromatic heterocycles. The summed E-state index contributed by atoms with van der Waals surface area (Å²) in [7, 11) is 1.62. The van der Waals surface area contributed by atoms with Gasteiger partial charge < -0.3 is 4.74 Å². The maximum Gasteiger partial charge on any atom is 0.285 e. The highest BCUT2D eigenvalue weighted by atomic mass is 19.1. The third kappa shape index (κ3) is 2.95. The van der Waals surface area contributed by atoms with Gasteiger partial charge in [0.1, 0.15) is 17.1 Å². The Morgan fingerprint density at radius 1 is 1.03 bits per heavy atom. The lowest BCUT2D eigenvalue weighted by atomic mass is 10.0. The molecule has 0 aliphatic rings. The van der Waals surface area contributed by atoms with Crippen LogP contribution in [0.2, 0.25) is 0 Å². The molecule has 31 heavy (non-hydrogen) atoms. The van der Waals surface area contributed by atoms with Crippen LogP contribution in [0, 0.1) is 5.82 Å². The monoisotopic (exact) mass is 415 g/mol. The lowest BCUT2D eigenvalue weighted by Crippen LogP contribution is -2.21. The number of hydrogen-bond acceptors (Lipinski definition) is 5. The summed E-state index contributed by atoms with van der Waals surface area (Å²) in [6, 6.07) is 15.4. The minimum absolute atomic E-state index is 0.115. The van der Waals surface area contributed by atoms with Crippen molar-refractivity contribution in [3.63, 3.8) is 0 Å². The van der Waals surface area contributed by atoms with Crippen molar-refractivity contribution >= 4 is 16.7 Å². The van der Waals surface area contributed by atoms with E-state index in [1.807, 2.05) is 31.2 Å². The highest BCUT2D eigenvalue weighted by molar-refractivity contribution is 5.85. The van der Waals surface area contributed by atoms with E-state index in [4.69, 9.17) is 9.84 Å². The van der Waals surface area contributed by atoms with Crippen LogP contribution in [0.5, 0.6) is 5.75 Å². The fraction of sp³-hybridized carbons (Fsp3) is 0.130. The first-order chi connectivity index (χ1) is 15.1. The van der Waals surface area contributed by atoms with E-state index in [1.54, 1.807) is 35.9 Å². The molecular formula is C23H18FN5O2. The Labute approximate surface area is 176 Å². The third-order valence-corrected chi connectivity index (χ3v) is 5.28. The Morgan fingerprint density at radius 2 is 1.81 bits per heavy atom. The van der Waals surface area contributed by atoms with E-state index in [-0.39, 0.29) is 11.2 Å². The zero-order chi connectivity index (χ0) is 21.5.